The van der Waals surface area contributed by atoms with E-state index in [2.05, 4.69) is 34.7 Å². The smallest absolute Gasteiger partial charge is 0.195 e. The maximum Gasteiger partial charge on any atom is 0.195 e. The molecule has 2 aromatic rings. The Balaban J connectivity index is 1.85. The van der Waals surface area contributed by atoms with E-state index in [1.165, 1.54) is 30.8 Å². The fourth-order valence-electron chi connectivity index (χ4n) is 3.44. The lowest BCUT2D eigenvalue weighted by atomic mass is 9.89. The molecule has 5 heteroatoms. The molecule has 4 nitrogen and oxygen atoms in total. The third-order valence-electron chi connectivity index (χ3n) is 4.74. The Hall–Kier alpha value is -1.07. The van der Waals surface area contributed by atoms with Crippen molar-refractivity contribution in [3.63, 3.8) is 0 Å². The van der Waals surface area contributed by atoms with Gasteiger partial charge in [0.05, 0.1) is 5.69 Å². The molecule has 0 aliphatic carbocycles. The number of thiazole rings is 1. The summed E-state index contributed by atoms with van der Waals surface area (Å²) >= 11 is 1.71. The van der Waals surface area contributed by atoms with E-state index in [4.69, 9.17) is 10.7 Å². The average Bonchev–Trinajstić information content (AvgIpc) is 2.93. The van der Waals surface area contributed by atoms with Crippen molar-refractivity contribution in [1.82, 2.24) is 9.38 Å². The first kappa shape index (κ1) is 14.9. The molecule has 0 amide bonds. The van der Waals surface area contributed by atoms with Crippen LogP contribution < -0.4 is 10.6 Å². The summed E-state index contributed by atoms with van der Waals surface area (Å²) < 4.78 is 2.22. The number of hydrogen-bond acceptors (Lipinski definition) is 4. The van der Waals surface area contributed by atoms with Gasteiger partial charge in [-0.2, -0.15) is 0 Å². The largest absolute Gasteiger partial charge is 0.355 e. The Morgan fingerprint density at radius 3 is 3.00 bits per heavy atom. The zero-order chi connectivity index (χ0) is 14.8. The second-order valence-electron chi connectivity index (χ2n) is 6.40. The highest BCUT2D eigenvalue weighted by Crippen LogP contribution is 2.30. The van der Waals surface area contributed by atoms with E-state index in [0.717, 1.165) is 36.3 Å². The van der Waals surface area contributed by atoms with Crippen LogP contribution in [-0.2, 0) is 6.42 Å². The molecule has 0 bridgehead atoms. The van der Waals surface area contributed by atoms with Gasteiger partial charge in [-0.05, 0) is 37.6 Å². The maximum absolute atomic E-state index is 5.81. The van der Waals surface area contributed by atoms with Crippen LogP contribution in [0.5, 0.6) is 0 Å². The van der Waals surface area contributed by atoms with Crippen molar-refractivity contribution in [2.45, 2.75) is 39.5 Å². The van der Waals surface area contributed by atoms with Crippen molar-refractivity contribution in [2.75, 3.05) is 24.5 Å². The first-order valence-electron chi connectivity index (χ1n) is 8.10. The number of aromatic nitrogens is 2. The lowest BCUT2D eigenvalue weighted by Crippen LogP contribution is -2.26. The first-order valence-corrected chi connectivity index (χ1v) is 8.98. The maximum atomic E-state index is 5.81. The van der Waals surface area contributed by atoms with Crippen LogP contribution in [0.1, 0.15) is 38.8 Å². The molecule has 0 saturated carbocycles. The van der Waals surface area contributed by atoms with Crippen LogP contribution in [0.2, 0.25) is 0 Å². The summed E-state index contributed by atoms with van der Waals surface area (Å²) in [5, 5.41) is 2.10. The predicted molar refractivity (Wildman–Crippen MR) is 90.2 cm³/mol. The minimum atomic E-state index is 0.680. The van der Waals surface area contributed by atoms with Crippen LogP contribution >= 0.6 is 11.3 Å². The van der Waals surface area contributed by atoms with Crippen molar-refractivity contribution >= 4 is 22.1 Å². The number of hydrogen-bond donors (Lipinski definition) is 1. The molecular weight excluding hydrogens is 280 g/mol. The zero-order valence-electron chi connectivity index (χ0n) is 13.1. The van der Waals surface area contributed by atoms with Crippen molar-refractivity contribution in [3.8, 4) is 0 Å². The highest BCUT2D eigenvalue weighted by molar-refractivity contribution is 7.15. The Bertz CT molecular complexity index is 586. The van der Waals surface area contributed by atoms with Crippen LogP contribution in [0, 0.1) is 11.8 Å². The number of nitrogens with two attached hydrogens (primary N) is 1. The fourth-order valence-corrected chi connectivity index (χ4v) is 4.17. The number of anilines is 1. The molecule has 1 aliphatic heterocycles. The van der Waals surface area contributed by atoms with Gasteiger partial charge in [0, 0.05) is 31.1 Å². The number of fused-ring (bicyclic) bond motifs is 1. The molecule has 2 aromatic heterocycles. The lowest BCUT2D eigenvalue weighted by Gasteiger charge is -2.22. The number of rotatable bonds is 4. The lowest BCUT2D eigenvalue weighted by molar-refractivity contribution is 0.351. The summed E-state index contributed by atoms with van der Waals surface area (Å²) in [4.78, 5) is 8.47. The molecule has 0 aromatic carbocycles. The Morgan fingerprint density at radius 2 is 2.24 bits per heavy atom. The van der Waals surface area contributed by atoms with Crippen molar-refractivity contribution in [3.05, 3.63) is 17.3 Å². The van der Waals surface area contributed by atoms with Crippen molar-refractivity contribution < 1.29 is 0 Å². The van der Waals surface area contributed by atoms with E-state index in [-0.39, 0.29) is 0 Å². The third kappa shape index (κ3) is 2.94. The van der Waals surface area contributed by atoms with Gasteiger partial charge < -0.3 is 10.6 Å². The molecule has 3 rings (SSSR count). The van der Waals surface area contributed by atoms with Gasteiger partial charge in [-0.1, -0.05) is 13.8 Å². The number of nitrogens with zero attached hydrogens (tertiary/aromatic N) is 3. The number of imidazole rings is 1. The van der Waals surface area contributed by atoms with Gasteiger partial charge in [-0.25, -0.2) is 4.98 Å². The minimum Gasteiger partial charge on any atom is -0.355 e. The van der Waals surface area contributed by atoms with Crippen LogP contribution in [0.3, 0.4) is 0 Å². The van der Waals surface area contributed by atoms with E-state index in [0.29, 0.717) is 6.54 Å². The summed E-state index contributed by atoms with van der Waals surface area (Å²) in [7, 11) is 0. The Labute approximate surface area is 131 Å². The fraction of sp³-hybridized carbons (Fsp3) is 0.688. The average molecular weight is 306 g/mol. The molecule has 1 fully saturated rings. The van der Waals surface area contributed by atoms with E-state index >= 15 is 0 Å². The van der Waals surface area contributed by atoms with Gasteiger partial charge in [-0.15, -0.1) is 11.3 Å². The first-order chi connectivity index (χ1) is 10.2. The second-order valence-corrected chi connectivity index (χ2v) is 7.27. The molecule has 0 spiro atoms. The van der Waals surface area contributed by atoms with Gasteiger partial charge in [0.1, 0.15) is 0 Å². The third-order valence-corrected chi connectivity index (χ3v) is 5.49. The van der Waals surface area contributed by atoms with Crippen LogP contribution in [-0.4, -0.2) is 29.0 Å². The predicted octanol–water partition coefficient (Wildman–Crippen LogP) is 3.16. The van der Waals surface area contributed by atoms with Gasteiger partial charge in [0.2, 0.25) is 0 Å². The standard InChI is InChI=1S/C16H26N4S/c1-12(2)13-4-3-8-19(9-6-13)15-14(5-7-17)20-10-11-21-16(20)18-15/h10-13H,3-9,17H2,1-2H3. The molecule has 116 valence electrons. The molecule has 1 saturated heterocycles. The normalized spacial score (nSPS) is 20.4. The monoisotopic (exact) mass is 306 g/mol. The molecule has 1 unspecified atom stereocenters. The van der Waals surface area contributed by atoms with Crippen molar-refractivity contribution in [2.24, 2.45) is 17.6 Å². The van der Waals surface area contributed by atoms with Gasteiger partial charge in [0.15, 0.2) is 10.8 Å². The molecule has 1 aliphatic rings. The van der Waals surface area contributed by atoms with E-state index in [1.54, 1.807) is 11.3 Å². The summed E-state index contributed by atoms with van der Waals surface area (Å²) in [5.41, 5.74) is 7.10. The SMILES string of the molecule is CC(C)C1CCCN(c2nc3sccn3c2CCN)CC1. The topological polar surface area (TPSA) is 46.6 Å². The van der Waals surface area contributed by atoms with Gasteiger partial charge in [-0.3, -0.25) is 4.40 Å². The molecular formula is C16H26N4S. The second kappa shape index (κ2) is 6.36. The molecule has 3 heterocycles. The van der Waals surface area contributed by atoms with Crippen LogP contribution in [0.25, 0.3) is 4.96 Å². The quantitative estimate of drug-likeness (QED) is 0.944. The van der Waals surface area contributed by atoms with Crippen molar-refractivity contribution in [1.29, 1.82) is 0 Å². The molecule has 0 radical (unpaired) electrons. The summed E-state index contributed by atoms with van der Waals surface area (Å²) in [6.45, 7) is 7.65. The molecule has 1 atom stereocenters. The highest BCUT2D eigenvalue weighted by atomic mass is 32.1. The van der Waals surface area contributed by atoms with E-state index in [1.807, 2.05) is 0 Å². The minimum absolute atomic E-state index is 0.680. The van der Waals surface area contributed by atoms with E-state index in [9.17, 15) is 0 Å². The Kier molecular flexibility index (Phi) is 4.50. The molecule has 2 N–H and O–H groups in total. The van der Waals surface area contributed by atoms with Crippen LogP contribution in [0.15, 0.2) is 11.6 Å². The van der Waals surface area contributed by atoms with Gasteiger partial charge >= 0.3 is 0 Å². The summed E-state index contributed by atoms with van der Waals surface area (Å²) in [5.74, 6) is 2.83. The van der Waals surface area contributed by atoms with Gasteiger partial charge in [0.25, 0.3) is 0 Å². The highest BCUT2D eigenvalue weighted by Gasteiger charge is 2.23. The van der Waals surface area contributed by atoms with Crippen LogP contribution in [0.4, 0.5) is 5.82 Å². The zero-order valence-corrected chi connectivity index (χ0v) is 13.9. The summed E-state index contributed by atoms with van der Waals surface area (Å²) in [6, 6.07) is 0. The van der Waals surface area contributed by atoms with E-state index < -0.39 is 0 Å². The summed E-state index contributed by atoms with van der Waals surface area (Å²) in [6.07, 6.45) is 6.93. The molecule has 21 heavy (non-hydrogen) atoms. The Morgan fingerprint density at radius 1 is 1.38 bits per heavy atom.